The number of rotatable bonds is 15. The number of hydrogen-bond acceptors (Lipinski definition) is 21. The first kappa shape index (κ1) is 97.4. The third kappa shape index (κ3) is 22.7. The number of phenolic OH excluding ortho intramolecular Hbond substituents is 4. The second-order valence-electron chi connectivity index (χ2n) is 31.1. The summed E-state index contributed by atoms with van der Waals surface area (Å²) in [5, 5.41) is 46.4. The summed E-state index contributed by atoms with van der Waals surface area (Å²) in [6.45, 7) is 12.6. The lowest BCUT2D eigenvalue weighted by atomic mass is 9.98. The molecule has 0 radical (unpaired) electrons. The average molecular weight is 1890 g/mol. The summed E-state index contributed by atoms with van der Waals surface area (Å²) in [7, 11) is -18.6. The van der Waals surface area contributed by atoms with Gasteiger partial charge in [-0.15, -0.1) is 0 Å². The highest BCUT2D eigenvalue weighted by Crippen LogP contribution is 2.51. The molecule has 660 valence electrons. The zero-order valence-corrected chi connectivity index (χ0v) is 74.2. The summed E-state index contributed by atoms with van der Waals surface area (Å²) < 4.78 is 177. The standard InChI is InChI=1S/C22H28Cl2FN3O6S.C19H24Cl2FN3O4S.C18H21Cl2FN2O4S.C16H22ClFN2O5S/c1-21(2,3)34-20(31)28-11-9-22(25,10-12-28)35(32,33)18-14(24)7-8-16(17(18)29)27-19(30)26-15-6-4-5-13(15)23;1-2-25-10-8-19(22,9-11-25)30(28,29)17-13(21)6-7-15(16(17)26)24-18(27)23-14-5-3-4-12(14)20;19-11-5-4-6-13(11)22-17(25)23-14-8-7-12(20)16(15(14)24)28(26,27)18(21)9-2-1-3-10-18;1-15(2,3)25-14(22)20-8-6-16(18,7-9-20)26(23,24)13-10(17)4-5-11(19)12(13)21/h5,7-8,15,29H,4,6,9-12H2,1-3H3,(H2,26,27,30);4,6-7,14,26H,2-3,5,8-11H2,1H3,(H2,23,24,27);5,7-8,13,24H,1-4,6,9-10H2,(H2,22,23,25);4-5,21H,6-9,19H2,1-3H3/t15-;14-;13-;/m000./s1. The number of sulfone groups is 4. The molecule has 7 aliphatic rings. The van der Waals surface area contributed by atoms with Gasteiger partial charge in [0.15, 0.2) is 23.0 Å². The van der Waals surface area contributed by atoms with Crippen molar-refractivity contribution in [2.75, 3.05) is 67.5 Å². The molecule has 4 aromatic rings. The quantitative estimate of drug-likeness (QED) is 0.0299. The summed E-state index contributed by atoms with van der Waals surface area (Å²) in [5.41, 5.74) is 3.18. The Morgan fingerprint density at radius 1 is 0.429 bits per heavy atom. The second kappa shape index (κ2) is 38.8. The first-order valence-electron chi connectivity index (χ1n) is 37.7. The van der Waals surface area contributed by atoms with E-state index >= 15 is 17.6 Å². The van der Waals surface area contributed by atoms with Crippen LogP contribution in [0, 0.1) is 0 Å². The Morgan fingerprint density at radius 3 is 0.950 bits per heavy atom. The lowest BCUT2D eigenvalue weighted by molar-refractivity contribution is 0.0126. The molecule has 0 spiro atoms. The predicted octanol–water partition coefficient (Wildman–Crippen LogP) is 16.9. The zero-order valence-electron chi connectivity index (χ0n) is 65.7. The minimum absolute atomic E-state index is 0.147. The number of nitrogens with two attached hydrogens (primary N) is 1. The highest BCUT2D eigenvalue weighted by Gasteiger charge is 2.54. The fourth-order valence-corrected chi connectivity index (χ4v) is 23.6. The van der Waals surface area contributed by atoms with Crippen LogP contribution in [0.5, 0.6) is 23.0 Å². The Bertz CT molecular complexity index is 5080. The molecule has 12 N–H and O–H groups in total. The van der Waals surface area contributed by atoms with Crippen molar-refractivity contribution in [1.29, 1.82) is 0 Å². The number of allylic oxidation sites excluding steroid dienone is 3. The number of likely N-dealkylation sites (tertiary alicyclic amines) is 3. The number of nitrogens with zero attached hydrogens (tertiary/aromatic N) is 3. The third-order valence-electron chi connectivity index (χ3n) is 20.4. The first-order valence-corrected chi connectivity index (χ1v) is 46.3. The molecule has 3 aliphatic heterocycles. The van der Waals surface area contributed by atoms with Crippen molar-refractivity contribution in [3.8, 4) is 23.0 Å². The predicted molar refractivity (Wildman–Crippen MR) is 447 cm³/mol. The monoisotopic (exact) mass is 1890 g/mol. The van der Waals surface area contributed by atoms with Crippen molar-refractivity contribution >= 4 is 174 Å². The Labute approximate surface area is 723 Å². The SMILES string of the molecule is CC(C)(C)OC(=O)N1CCC(F)(S(=O)(=O)c2c(Cl)ccc(N)c2O)CC1.CC(C)(C)OC(=O)N1CCC(F)(S(=O)(=O)c2c(Cl)ccc(NC(=O)N[C@H]3CCC=C3Cl)c2O)CC1.CCN1CCC(F)(S(=O)(=O)c2c(Cl)ccc(NC(=O)N[C@H]3CCC=C3Cl)c2O)CC1.O=C(Nc1ccc(Cl)c(S(=O)(=O)C2(F)CCCCC2)c1O)N[C@H]1CCC=C1Cl. The summed E-state index contributed by atoms with van der Waals surface area (Å²) in [5.74, 6) is -3.23. The molecule has 4 aliphatic carbocycles. The van der Waals surface area contributed by atoms with Crippen LogP contribution in [0.15, 0.2) is 101 Å². The number of nitrogen functional groups attached to an aromatic ring is 1. The molecule has 8 amide bonds. The highest BCUT2D eigenvalue weighted by molar-refractivity contribution is 7.93. The Hall–Kier alpha value is -7.04. The number of carbonyl (C=O) groups excluding carboxylic acids is 5. The van der Waals surface area contributed by atoms with E-state index in [1.807, 2.05) is 11.8 Å². The van der Waals surface area contributed by atoms with Gasteiger partial charge in [-0.25, -0.2) is 75.2 Å². The molecule has 0 unspecified atom stereocenters. The molecule has 4 fully saturated rings. The van der Waals surface area contributed by atoms with Crippen molar-refractivity contribution in [2.24, 2.45) is 0 Å². The number of piperidine rings is 3. The zero-order chi connectivity index (χ0) is 88.7. The number of nitrogens with one attached hydrogen (secondary N) is 6. The summed E-state index contributed by atoms with van der Waals surface area (Å²) in [6, 6.07) is 6.49. The van der Waals surface area contributed by atoms with Gasteiger partial charge < -0.3 is 82.2 Å². The van der Waals surface area contributed by atoms with Crippen LogP contribution in [0.25, 0.3) is 0 Å². The maximum atomic E-state index is 15.8. The summed E-state index contributed by atoms with van der Waals surface area (Å²) in [6.07, 6.45) is 6.88. The lowest BCUT2D eigenvalue weighted by Crippen LogP contribution is -2.49. The fourth-order valence-electron chi connectivity index (χ4n) is 13.7. The first-order chi connectivity index (χ1) is 55.2. The van der Waals surface area contributed by atoms with Gasteiger partial charge in [0.2, 0.25) is 59.4 Å². The number of halogens is 11. The van der Waals surface area contributed by atoms with Crippen LogP contribution in [0.1, 0.15) is 158 Å². The molecule has 0 aromatic heterocycles. The van der Waals surface area contributed by atoms with E-state index in [-0.39, 0.29) is 115 Å². The largest absolute Gasteiger partial charge is 0.504 e. The number of anilines is 4. The maximum Gasteiger partial charge on any atom is 0.410 e. The van der Waals surface area contributed by atoms with Crippen LogP contribution in [0.4, 0.5) is 64.3 Å². The van der Waals surface area contributed by atoms with Gasteiger partial charge >= 0.3 is 30.3 Å². The molecular formula is C75H95Cl7F4N10O19S4. The van der Waals surface area contributed by atoms with E-state index in [0.717, 1.165) is 25.3 Å². The molecule has 44 heteroatoms. The van der Waals surface area contributed by atoms with Crippen molar-refractivity contribution in [3.63, 3.8) is 0 Å². The number of amides is 8. The molecular weight excluding hydrogens is 1800 g/mol. The molecule has 3 atom stereocenters. The average Bonchev–Trinajstić information content (AvgIpc) is 0.998. The van der Waals surface area contributed by atoms with Crippen LogP contribution < -0.4 is 37.6 Å². The van der Waals surface area contributed by atoms with Crippen LogP contribution >= 0.6 is 81.2 Å². The molecule has 119 heavy (non-hydrogen) atoms. The molecule has 3 saturated heterocycles. The Morgan fingerprint density at radius 2 is 0.689 bits per heavy atom. The van der Waals surface area contributed by atoms with E-state index in [1.165, 1.54) is 52.3 Å². The van der Waals surface area contributed by atoms with Gasteiger partial charge in [0, 0.05) is 92.9 Å². The molecule has 11 rings (SSSR count). The topological polar surface area (TPSA) is 429 Å². The lowest BCUT2D eigenvalue weighted by Gasteiger charge is -2.36. The van der Waals surface area contributed by atoms with Crippen LogP contribution in [-0.2, 0) is 48.8 Å². The number of ether oxygens (including phenoxy) is 2. The number of phenols is 4. The van der Waals surface area contributed by atoms with Gasteiger partial charge in [-0.1, -0.05) is 113 Å². The minimum atomic E-state index is -4.83. The summed E-state index contributed by atoms with van der Waals surface area (Å²) in [4.78, 5) is 62.6. The van der Waals surface area contributed by atoms with Gasteiger partial charge in [0.1, 0.15) is 30.8 Å². The van der Waals surface area contributed by atoms with E-state index < -0.39 is 180 Å². The maximum absolute atomic E-state index is 15.8. The van der Waals surface area contributed by atoms with Crippen molar-refractivity contribution in [1.82, 2.24) is 30.7 Å². The minimum Gasteiger partial charge on any atom is -0.504 e. The van der Waals surface area contributed by atoms with Crippen LogP contribution in [0.3, 0.4) is 0 Å². The van der Waals surface area contributed by atoms with E-state index in [1.54, 1.807) is 59.8 Å². The Balaban J connectivity index is 0.000000199. The molecule has 4 aromatic carbocycles. The molecule has 1 saturated carbocycles. The van der Waals surface area contributed by atoms with Gasteiger partial charge in [-0.05, 0) is 161 Å². The summed E-state index contributed by atoms with van der Waals surface area (Å²) >= 11 is 42.0. The van der Waals surface area contributed by atoms with Crippen LogP contribution in [0.2, 0.25) is 20.1 Å². The van der Waals surface area contributed by atoms with Crippen LogP contribution in [-0.4, -0.2) is 194 Å². The van der Waals surface area contributed by atoms with E-state index in [0.29, 0.717) is 60.2 Å². The van der Waals surface area contributed by atoms with Gasteiger partial charge in [-0.2, -0.15) is 0 Å². The number of aromatic hydroxyl groups is 4. The van der Waals surface area contributed by atoms with E-state index in [9.17, 15) is 78.1 Å². The number of carbonyl (C=O) groups is 5. The Kier molecular flexibility index (Phi) is 31.8. The van der Waals surface area contributed by atoms with E-state index in [4.69, 9.17) is 96.4 Å². The molecule has 0 bridgehead atoms. The third-order valence-corrected chi connectivity index (χ3v) is 32.6. The van der Waals surface area contributed by atoms with Crippen molar-refractivity contribution < 1.29 is 105 Å². The number of hydrogen-bond donors (Lipinski definition) is 11. The highest BCUT2D eigenvalue weighted by atomic mass is 35.5. The number of urea groups is 3. The van der Waals surface area contributed by atoms with Gasteiger partial charge in [0.05, 0.1) is 61.0 Å². The smallest absolute Gasteiger partial charge is 0.410 e. The van der Waals surface area contributed by atoms with Crippen molar-refractivity contribution in [2.45, 2.75) is 227 Å². The van der Waals surface area contributed by atoms with E-state index in [2.05, 4.69) is 31.9 Å². The van der Waals surface area contributed by atoms with Gasteiger partial charge in [0.25, 0.3) is 0 Å². The van der Waals surface area contributed by atoms with Crippen molar-refractivity contribution in [3.05, 3.63) is 102 Å². The number of benzene rings is 4. The molecule has 29 nitrogen and oxygen atoms in total. The fraction of sp³-hybridized carbons (Fsp3) is 0.533. The molecule has 3 heterocycles. The normalized spacial score (nSPS) is 20.5. The number of alkyl halides is 4. The second-order valence-corrected chi connectivity index (χ2v) is 42.6. The van der Waals surface area contributed by atoms with Gasteiger partial charge in [-0.3, -0.25) is 0 Å².